The number of hydrogen-bond acceptors (Lipinski definition) is 2. The first-order valence-electron chi connectivity index (χ1n) is 4.29. The number of hydrogen-bond donors (Lipinski definition) is 2. The number of H-pyrrole nitrogens is 2. The monoisotopic (exact) mass is 229 g/mol. The van der Waals surface area contributed by atoms with Gasteiger partial charge in [0.2, 0.25) is 0 Å². The fourth-order valence-electron chi connectivity index (χ4n) is 1.24. The minimum absolute atomic E-state index is 0.0388. The predicted molar refractivity (Wildman–Crippen MR) is 49.6 cm³/mol. The Hall–Kier alpha value is -2.05. The quantitative estimate of drug-likeness (QED) is 0.782. The molecule has 2 N–H and O–H groups in total. The SMILES string of the molecule is O=c1[nH]nc(-c2ccc[nH]2)cc1C(F)(F)F. The minimum Gasteiger partial charge on any atom is -0.360 e. The molecule has 4 nitrogen and oxygen atoms in total. The van der Waals surface area contributed by atoms with Gasteiger partial charge in [-0.05, 0) is 18.2 Å². The molecule has 2 aromatic rings. The number of nitrogens with one attached hydrogen (secondary N) is 2. The predicted octanol–water partition coefficient (Wildman–Crippen LogP) is 1.78. The molecule has 2 rings (SSSR count). The fourth-order valence-corrected chi connectivity index (χ4v) is 1.24. The van der Waals surface area contributed by atoms with Crippen LogP contribution in [0.1, 0.15) is 5.56 Å². The Morgan fingerprint density at radius 1 is 1.31 bits per heavy atom. The molecule has 16 heavy (non-hydrogen) atoms. The Morgan fingerprint density at radius 2 is 2.06 bits per heavy atom. The summed E-state index contributed by atoms with van der Waals surface area (Å²) in [5.74, 6) is 0. The highest BCUT2D eigenvalue weighted by Crippen LogP contribution is 2.27. The Labute approximate surface area is 87.1 Å². The van der Waals surface area contributed by atoms with Crippen molar-refractivity contribution < 1.29 is 13.2 Å². The molecule has 0 radical (unpaired) electrons. The lowest BCUT2D eigenvalue weighted by atomic mass is 10.2. The van der Waals surface area contributed by atoms with Crippen LogP contribution in [-0.2, 0) is 6.18 Å². The van der Waals surface area contributed by atoms with Gasteiger partial charge in [0.1, 0.15) is 11.3 Å². The second-order valence-electron chi connectivity index (χ2n) is 3.08. The number of alkyl halides is 3. The van der Waals surface area contributed by atoms with E-state index in [-0.39, 0.29) is 5.69 Å². The van der Waals surface area contributed by atoms with Crippen molar-refractivity contribution in [3.05, 3.63) is 40.3 Å². The summed E-state index contributed by atoms with van der Waals surface area (Å²) < 4.78 is 37.2. The van der Waals surface area contributed by atoms with Gasteiger partial charge < -0.3 is 4.98 Å². The molecule has 0 aliphatic heterocycles. The van der Waals surface area contributed by atoms with E-state index in [0.29, 0.717) is 11.8 Å². The first-order chi connectivity index (χ1) is 7.48. The van der Waals surface area contributed by atoms with Crippen LogP contribution in [0.5, 0.6) is 0 Å². The standard InChI is InChI=1S/C9H6F3N3O/c10-9(11,12)5-4-7(14-15-8(5)16)6-2-1-3-13-6/h1-4,13H,(H,15,16). The van der Waals surface area contributed by atoms with Crippen LogP contribution in [0.4, 0.5) is 13.2 Å². The first kappa shape index (κ1) is 10.5. The van der Waals surface area contributed by atoms with Crippen LogP contribution >= 0.6 is 0 Å². The van der Waals surface area contributed by atoms with E-state index in [2.05, 4.69) is 10.1 Å². The normalized spacial score (nSPS) is 11.7. The average Bonchev–Trinajstić information content (AvgIpc) is 2.69. The Kier molecular flexibility index (Phi) is 2.30. The molecule has 0 unspecified atom stereocenters. The molecular weight excluding hydrogens is 223 g/mol. The maximum atomic E-state index is 12.4. The number of halogens is 3. The fraction of sp³-hybridized carbons (Fsp3) is 0.111. The summed E-state index contributed by atoms with van der Waals surface area (Å²) in [7, 11) is 0. The summed E-state index contributed by atoms with van der Waals surface area (Å²) in [6.07, 6.45) is -3.13. The number of nitrogens with zero attached hydrogens (tertiary/aromatic N) is 1. The van der Waals surface area contributed by atoms with Gasteiger partial charge >= 0.3 is 6.18 Å². The number of rotatable bonds is 1. The van der Waals surface area contributed by atoms with Crippen molar-refractivity contribution in [2.45, 2.75) is 6.18 Å². The third kappa shape index (κ3) is 1.83. The van der Waals surface area contributed by atoms with Crippen molar-refractivity contribution in [2.24, 2.45) is 0 Å². The molecule has 0 fully saturated rings. The van der Waals surface area contributed by atoms with E-state index >= 15 is 0 Å². The summed E-state index contributed by atoms with van der Waals surface area (Å²) in [6.45, 7) is 0. The Bertz CT molecular complexity index is 542. The third-order valence-corrected chi connectivity index (χ3v) is 1.98. The van der Waals surface area contributed by atoms with Crippen molar-refractivity contribution in [1.82, 2.24) is 15.2 Å². The van der Waals surface area contributed by atoms with E-state index in [1.807, 2.05) is 5.10 Å². The summed E-state index contributed by atoms with van der Waals surface area (Å²) in [5, 5.41) is 5.34. The van der Waals surface area contributed by atoms with Crippen LogP contribution < -0.4 is 5.56 Å². The van der Waals surface area contributed by atoms with Crippen molar-refractivity contribution in [1.29, 1.82) is 0 Å². The molecule has 7 heteroatoms. The van der Waals surface area contributed by atoms with Crippen LogP contribution in [0.15, 0.2) is 29.2 Å². The van der Waals surface area contributed by atoms with Gasteiger partial charge in [-0.15, -0.1) is 0 Å². The summed E-state index contributed by atoms with van der Waals surface area (Å²) in [5.41, 5.74) is -2.06. The molecule has 0 saturated carbocycles. The van der Waals surface area contributed by atoms with Crippen molar-refractivity contribution >= 4 is 0 Å². The third-order valence-electron chi connectivity index (χ3n) is 1.98. The van der Waals surface area contributed by atoms with E-state index in [4.69, 9.17) is 0 Å². The van der Waals surface area contributed by atoms with Gasteiger partial charge in [0.15, 0.2) is 0 Å². The highest BCUT2D eigenvalue weighted by atomic mass is 19.4. The zero-order valence-corrected chi connectivity index (χ0v) is 7.80. The van der Waals surface area contributed by atoms with Crippen LogP contribution in [0.25, 0.3) is 11.4 Å². The van der Waals surface area contributed by atoms with Crippen LogP contribution in [0.3, 0.4) is 0 Å². The topological polar surface area (TPSA) is 61.5 Å². The van der Waals surface area contributed by atoms with Gasteiger partial charge in [0, 0.05) is 6.20 Å². The average molecular weight is 229 g/mol. The van der Waals surface area contributed by atoms with Gasteiger partial charge in [-0.1, -0.05) is 0 Å². The van der Waals surface area contributed by atoms with Crippen molar-refractivity contribution in [3.8, 4) is 11.4 Å². The second-order valence-corrected chi connectivity index (χ2v) is 3.08. The first-order valence-corrected chi connectivity index (χ1v) is 4.29. The highest BCUT2D eigenvalue weighted by Gasteiger charge is 2.34. The summed E-state index contributed by atoms with van der Waals surface area (Å²) in [6, 6.07) is 3.89. The lowest BCUT2D eigenvalue weighted by molar-refractivity contribution is -0.138. The number of aromatic amines is 2. The zero-order chi connectivity index (χ0) is 11.8. The maximum Gasteiger partial charge on any atom is 0.421 e. The van der Waals surface area contributed by atoms with Gasteiger partial charge in [-0.25, -0.2) is 5.10 Å². The Balaban J connectivity index is 2.57. The van der Waals surface area contributed by atoms with Gasteiger partial charge in [0.05, 0.1) is 5.69 Å². The number of aromatic nitrogens is 3. The van der Waals surface area contributed by atoms with Gasteiger partial charge in [-0.2, -0.15) is 18.3 Å². The smallest absolute Gasteiger partial charge is 0.360 e. The lowest BCUT2D eigenvalue weighted by Gasteiger charge is -2.05. The van der Waals surface area contributed by atoms with Crippen LogP contribution in [0.2, 0.25) is 0 Å². The molecule has 2 heterocycles. The van der Waals surface area contributed by atoms with Crippen molar-refractivity contribution in [2.75, 3.05) is 0 Å². The largest absolute Gasteiger partial charge is 0.421 e. The van der Waals surface area contributed by atoms with Crippen LogP contribution in [0, 0.1) is 0 Å². The molecule has 0 atom stereocenters. The summed E-state index contributed by atoms with van der Waals surface area (Å²) in [4.78, 5) is 13.6. The molecule has 0 aliphatic rings. The van der Waals surface area contributed by atoms with E-state index in [0.717, 1.165) is 0 Å². The van der Waals surface area contributed by atoms with E-state index in [9.17, 15) is 18.0 Å². The minimum atomic E-state index is -4.68. The molecule has 0 saturated heterocycles. The van der Waals surface area contributed by atoms with E-state index < -0.39 is 17.3 Å². The lowest BCUT2D eigenvalue weighted by Crippen LogP contribution is -2.22. The Morgan fingerprint density at radius 3 is 2.62 bits per heavy atom. The van der Waals surface area contributed by atoms with Crippen LogP contribution in [-0.4, -0.2) is 15.2 Å². The van der Waals surface area contributed by atoms with Gasteiger partial charge in [-0.3, -0.25) is 4.79 Å². The second kappa shape index (κ2) is 3.51. The highest BCUT2D eigenvalue weighted by molar-refractivity contribution is 5.54. The molecule has 0 bridgehead atoms. The molecule has 84 valence electrons. The van der Waals surface area contributed by atoms with E-state index in [1.54, 1.807) is 18.3 Å². The molecule has 0 aliphatic carbocycles. The molecule has 0 aromatic carbocycles. The maximum absolute atomic E-state index is 12.4. The van der Waals surface area contributed by atoms with Crippen molar-refractivity contribution in [3.63, 3.8) is 0 Å². The molecular formula is C9H6F3N3O. The van der Waals surface area contributed by atoms with Gasteiger partial charge in [0.25, 0.3) is 5.56 Å². The van der Waals surface area contributed by atoms with E-state index in [1.165, 1.54) is 0 Å². The zero-order valence-electron chi connectivity index (χ0n) is 7.80. The molecule has 0 spiro atoms. The molecule has 2 aromatic heterocycles. The summed E-state index contributed by atoms with van der Waals surface area (Å²) >= 11 is 0. The molecule has 0 amide bonds.